The van der Waals surface area contributed by atoms with Crippen LogP contribution in [0, 0.1) is 6.92 Å². The van der Waals surface area contributed by atoms with Gasteiger partial charge in [0.1, 0.15) is 0 Å². The number of thioether (sulfide) groups is 1. The molecule has 0 aromatic heterocycles. The average Bonchev–Trinajstić information content (AvgIpc) is 2.82. The first-order valence-electron chi connectivity index (χ1n) is 7.72. The van der Waals surface area contributed by atoms with Crippen molar-refractivity contribution in [2.75, 3.05) is 10.7 Å². The van der Waals surface area contributed by atoms with Gasteiger partial charge < -0.3 is 0 Å². The molecule has 0 spiro atoms. The van der Waals surface area contributed by atoms with E-state index in [9.17, 15) is 9.59 Å². The third kappa shape index (κ3) is 3.34. The van der Waals surface area contributed by atoms with Gasteiger partial charge in [0.05, 0.1) is 16.2 Å². The van der Waals surface area contributed by atoms with E-state index in [1.165, 1.54) is 16.7 Å². The van der Waals surface area contributed by atoms with E-state index in [2.05, 4.69) is 0 Å². The van der Waals surface area contributed by atoms with Crippen molar-refractivity contribution in [1.82, 2.24) is 0 Å². The highest BCUT2D eigenvalue weighted by Gasteiger charge is 2.40. The van der Waals surface area contributed by atoms with Crippen molar-refractivity contribution < 1.29 is 9.59 Å². The number of nitrogens with zero attached hydrogens (tertiary/aromatic N) is 1. The van der Waals surface area contributed by atoms with E-state index in [0.717, 1.165) is 5.56 Å². The highest BCUT2D eigenvalue weighted by Crippen LogP contribution is 2.40. The lowest BCUT2D eigenvalue weighted by atomic mass is 10.1. The maximum absolute atomic E-state index is 13.1. The molecular weight excluding hydrogens is 377 g/mol. The monoisotopic (exact) mass is 391 g/mol. The molecule has 3 rings (SSSR count). The van der Waals surface area contributed by atoms with Gasteiger partial charge in [0, 0.05) is 10.0 Å². The summed E-state index contributed by atoms with van der Waals surface area (Å²) in [5.74, 6) is 0.0363. The minimum atomic E-state index is -0.339. The van der Waals surface area contributed by atoms with Crippen LogP contribution < -0.4 is 4.90 Å². The second-order valence-electron chi connectivity index (χ2n) is 5.52. The third-order valence-electron chi connectivity index (χ3n) is 3.88. The smallest absolute Gasteiger partial charge is 0.268 e. The van der Waals surface area contributed by atoms with Gasteiger partial charge in [0.2, 0.25) is 0 Å². The summed E-state index contributed by atoms with van der Waals surface area (Å²) in [5.41, 5.74) is 2.42. The van der Waals surface area contributed by atoms with Crippen molar-refractivity contribution in [2.24, 2.45) is 0 Å². The summed E-state index contributed by atoms with van der Waals surface area (Å²) in [5, 5.41) is 1.05. The second-order valence-corrected chi connectivity index (χ2v) is 7.67. The number of rotatable bonds is 4. The number of aryl methyl sites for hydroxylation is 1. The first kappa shape index (κ1) is 18.1. The number of carbonyl (C=O) groups excluding carboxylic acids is 2. The molecule has 0 unspecified atom stereocenters. The molecule has 0 N–H and O–H groups in total. The van der Waals surface area contributed by atoms with Crippen molar-refractivity contribution in [3.63, 3.8) is 0 Å². The zero-order valence-corrected chi connectivity index (χ0v) is 16.0. The molecule has 1 aliphatic rings. The number of amides is 2. The lowest BCUT2D eigenvalue weighted by Crippen LogP contribution is -2.32. The Balaban J connectivity index is 2.13. The third-order valence-corrected chi connectivity index (χ3v) is 5.32. The van der Waals surface area contributed by atoms with Crippen LogP contribution in [0.2, 0.25) is 10.0 Å². The van der Waals surface area contributed by atoms with Crippen molar-refractivity contribution >= 4 is 58.0 Å². The van der Waals surface area contributed by atoms with E-state index in [1.807, 2.05) is 13.8 Å². The second kappa shape index (κ2) is 7.24. The summed E-state index contributed by atoms with van der Waals surface area (Å²) in [6, 6.07) is 12.1. The fourth-order valence-corrected chi connectivity index (χ4v) is 3.85. The van der Waals surface area contributed by atoms with Gasteiger partial charge >= 0.3 is 0 Å². The SMILES string of the molecule is CCSC1=C(c2ccc(Cl)cc2)C(=O)N(c2cc(Cl)ccc2C)C1=O. The van der Waals surface area contributed by atoms with E-state index >= 15 is 0 Å². The molecule has 1 heterocycles. The molecule has 2 amide bonds. The summed E-state index contributed by atoms with van der Waals surface area (Å²) in [6.07, 6.45) is 0. The topological polar surface area (TPSA) is 37.4 Å². The zero-order chi connectivity index (χ0) is 18.1. The van der Waals surface area contributed by atoms with Crippen molar-refractivity contribution in [1.29, 1.82) is 0 Å². The van der Waals surface area contributed by atoms with Crippen LogP contribution in [0.25, 0.3) is 5.57 Å². The van der Waals surface area contributed by atoms with Gasteiger partial charge in [0.15, 0.2) is 0 Å². The fraction of sp³-hybridized carbons (Fsp3) is 0.158. The van der Waals surface area contributed by atoms with Gasteiger partial charge in [-0.15, -0.1) is 11.8 Å². The zero-order valence-electron chi connectivity index (χ0n) is 13.7. The molecule has 6 heteroatoms. The molecule has 128 valence electrons. The van der Waals surface area contributed by atoms with Crippen molar-refractivity contribution in [3.8, 4) is 0 Å². The largest absolute Gasteiger partial charge is 0.272 e. The lowest BCUT2D eigenvalue weighted by Gasteiger charge is -2.18. The first-order chi connectivity index (χ1) is 11.9. The first-order valence-corrected chi connectivity index (χ1v) is 9.46. The summed E-state index contributed by atoms with van der Waals surface area (Å²) in [7, 11) is 0. The van der Waals surface area contributed by atoms with E-state index in [-0.39, 0.29) is 11.8 Å². The number of hydrogen-bond donors (Lipinski definition) is 0. The minimum absolute atomic E-state index is 0.313. The van der Waals surface area contributed by atoms with E-state index in [4.69, 9.17) is 23.2 Å². The standard InChI is InChI=1S/C19H15Cl2NO2S/c1-3-25-17-16(12-5-8-13(20)9-6-12)18(23)22(19(17)24)15-10-14(21)7-4-11(15)2/h4-10H,3H2,1-2H3. The Morgan fingerprint density at radius 1 is 0.960 bits per heavy atom. The Bertz CT molecular complexity index is 891. The maximum atomic E-state index is 13.1. The number of halogens is 2. The molecule has 0 aliphatic carbocycles. The van der Waals surface area contributed by atoms with Gasteiger partial charge in [0.25, 0.3) is 11.8 Å². The van der Waals surface area contributed by atoms with Crippen molar-refractivity contribution in [2.45, 2.75) is 13.8 Å². The van der Waals surface area contributed by atoms with Crippen LogP contribution in [0.1, 0.15) is 18.1 Å². The lowest BCUT2D eigenvalue weighted by molar-refractivity contribution is -0.119. The van der Waals surface area contributed by atoms with Gasteiger partial charge in [-0.3, -0.25) is 9.59 Å². The summed E-state index contributed by atoms with van der Waals surface area (Å²) < 4.78 is 0. The maximum Gasteiger partial charge on any atom is 0.272 e. The Hall–Kier alpha value is -1.75. The Morgan fingerprint density at radius 3 is 2.24 bits per heavy atom. The number of hydrogen-bond acceptors (Lipinski definition) is 3. The summed E-state index contributed by atoms with van der Waals surface area (Å²) >= 11 is 13.4. The molecule has 0 fully saturated rings. The predicted octanol–water partition coefficient (Wildman–Crippen LogP) is 5.34. The quantitative estimate of drug-likeness (QED) is 0.660. The minimum Gasteiger partial charge on any atom is -0.268 e. The predicted molar refractivity (Wildman–Crippen MR) is 105 cm³/mol. The molecule has 0 saturated heterocycles. The van der Waals surface area contributed by atoms with Crippen LogP contribution in [0.3, 0.4) is 0 Å². The van der Waals surface area contributed by atoms with Gasteiger partial charge in [-0.25, -0.2) is 4.90 Å². The molecular formula is C19H15Cl2NO2S. The van der Waals surface area contributed by atoms with Crippen LogP contribution in [0.4, 0.5) is 5.69 Å². The van der Waals surface area contributed by atoms with E-state index in [1.54, 1.807) is 42.5 Å². The number of imide groups is 1. The molecule has 25 heavy (non-hydrogen) atoms. The number of anilines is 1. The highest BCUT2D eigenvalue weighted by atomic mass is 35.5. The fourth-order valence-electron chi connectivity index (χ4n) is 2.70. The molecule has 3 nitrogen and oxygen atoms in total. The van der Waals surface area contributed by atoms with Gasteiger partial charge in [-0.2, -0.15) is 0 Å². The van der Waals surface area contributed by atoms with Crippen LogP contribution in [0.15, 0.2) is 47.4 Å². The Morgan fingerprint density at radius 2 is 1.60 bits per heavy atom. The number of carbonyl (C=O) groups is 2. The highest BCUT2D eigenvalue weighted by molar-refractivity contribution is 8.04. The summed E-state index contributed by atoms with van der Waals surface area (Å²) in [4.78, 5) is 27.8. The van der Waals surface area contributed by atoms with Gasteiger partial charge in [-0.1, -0.05) is 48.3 Å². The average molecular weight is 392 g/mol. The molecule has 0 radical (unpaired) electrons. The molecule has 2 aromatic carbocycles. The number of benzene rings is 2. The molecule has 0 atom stereocenters. The summed E-state index contributed by atoms with van der Waals surface area (Å²) in [6.45, 7) is 3.79. The van der Waals surface area contributed by atoms with Crippen LogP contribution in [0.5, 0.6) is 0 Å². The van der Waals surface area contributed by atoms with Gasteiger partial charge in [-0.05, 0) is 48.1 Å². The van der Waals surface area contributed by atoms with E-state index in [0.29, 0.717) is 37.5 Å². The normalized spacial score (nSPS) is 14.6. The van der Waals surface area contributed by atoms with Crippen LogP contribution in [-0.2, 0) is 9.59 Å². The molecule has 0 saturated carbocycles. The molecule has 0 bridgehead atoms. The van der Waals surface area contributed by atoms with Crippen LogP contribution >= 0.6 is 35.0 Å². The molecule has 1 aliphatic heterocycles. The van der Waals surface area contributed by atoms with Crippen molar-refractivity contribution in [3.05, 3.63) is 68.5 Å². The molecule has 2 aromatic rings. The van der Waals surface area contributed by atoms with E-state index < -0.39 is 0 Å². The van der Waals surface area contributed by atoms with Crippen LogP contribution in [-0.4, -0.2) is 17.6 Å². The Labute approximate surface area is 160 Å². The Kier molecular flexibility index (Phi) is 5.23.